The van der Waals surface area contributed by atoms with Crippen molar-refractivity contribution in [2.24, 2.45) is 11.7 Å². The normalized spacial score (nSPS) is 24.5. The van der Waals surface area contributed by atoms with Crippen LogP contribution in [0.25, 0.3) is 0 Å². The number of nitrogens with zero attached hydrogens (tertiary/aromatic N) is 1. The maximum Gasteiger partial charge on any atom is 0.552 e. The van der Waals surface area contributed by atoms with Crippen LogP contribution in [0, 0.1) is 5.92 Å². The Bertz CT molecular complexity index is 235. The van der Waals surface area contributed by atoms with Gasteiger partial charge >= 0.3 is 7.25 Å². The fourth-order valence-corrected chi connectivity index (χ4v) is 1.92. The fourth-order valence-electron chi connectivity index (χ4n) is 1.92. The fraction of sp³-hybridized carbons (Fsp3) is 0.889. The van der Waals surface area contributed by atoms with Gasteiger partial charge in [0, 0.05) is 0 Å². The quantitative estimate of drug-likeness (QED) is 0.521. The van der Waals surface area contributed by atoms with Gasteiger partial charge in [-0.2, -0.15) is 0 Å². The van der Waals surface area contributed by atoms with Crippen LogP contribution < -0.4 is 5.73 Å². The minimum atomic E-state index is -1.55. The van der Waals surface area contributed by atoms with Crippen LogP contribution in [0.4, 0.5) is 0 Å². The number of carbonyl (C=O) groups excluding carboxylic acids is 1. The van der Waals surface area contributed by atoms with E-state index in [2.05, 4.69) is 0 Å². The molecule has 1 heterocycles. The Morgan fingerprint density at radius 3 is 2.60 bits per heavy atom. The molecule has 0 aromatic heterocycles. The van der Waals surface area contributed by atoms with Crippen molar-refractivity contribution in [3.05, 3.63) is 0 Å². The van der Waals surface area contributed by atoms with Crippen molar-refractivity contribution >= 4 is 13.0 Å². The van der Waals surface area contributed by atoms with Crippen molar-refractivity contribution in [3.63, 3.8) is 0 Å². The summed E-state index contributed by atoms with van der Waals surface area (Å²) >= 11 is 0. The second kappa shape index (κ2) is 5.07. The van der Waals surface area contributed by atoms with Crippen LogP contribution >= 0.6 is 0 Å². The molecule has 0 saturated carbocycles. The standard InChI is InChI=1S/C9H19BN2O3/c1-6(2)8(11)9(13)7-4-3-5-12(7)10(14)15/h6-8,14-15H,3-5,11H2,1-2H3/t7-,8+/m1/s1. The summed E-state index contributed by atoms with van der Waals surface area (Å²) in [5.74, 6) is -0.00798. The molecule has 15 heavy (non-hydrogen) atoms. The SMILES string of the molecule is CC(C)[C@H](N)C(=O)[C@H]1CCCN1B(O)O. The van der Waals surface area contributed by atoms with Gasteiger partial charge < -0.3 is 15.8 Å². The molecule has 0 aromatic rings. The van der Waals surface area contributed by atoms with Gasteiger partial charge in [0.1, 0.15) is 0 Å². The molecule has 1 fully saturated rings. The molecule has 0 spiro atoms. The third-order valence-electron chi connectivity index (χ3n) is 2.97. The van der Waals surface area contributed by atoms with Crippen LogP contribution in [-0.4, -0.2) is 46.5 Å². The van der Waals surface area contributed by atoms with Gasteiger partial charge in [0.15, 0.2) is 5.78 Å². The molecule has 0 unspecified atom stereocenters. The Morgan fingerprint density at radius 1 is 1.53 bits per heavy atom. The largest absolute Gasteiger partial charge is 0.552 e. The minimum absolute atomic E-state index is 0.0794. The summed E-state index contributed by atoms with van der Waals surface area (Å²) in [7, 11) is -1.55. The molecular formula is C9H19BN2O3. The summed E-state index contributed by atoms with van der Waals surface area (Å²) in [6, 6.07) is -0.947. The second-order valence-electron chi connectivity index (χ2n) is 4.41. The van der Waals surface area contributed by atoms with Crippen LogP contribution in [0.15, 0.2) is 0 Å². The average molecular weight is 214 g/mol. The van der Waals surface area contributed by atoms with E-state index in [9.17, 15) is 4.79 Å². The van der Waals surface area contributed by atoms with Gasteiger partial charge in [0.05, 0.1) is 12.1 Å². The smallest absolute Gasteiger partial charge is 0.413 e. The van der Waals surface area contributed by atoms with Crippen molar-refractivity contribution in [2.75, 3.05) is 6.54 Å². The van der Waals surface area contributed by atoms with E-state index in [4.69, 9.17) is 15.8 Å². The van der Waals surface area contributed by atoms with Gasteiger partial charge in [-0.05, 0) is 25.3 Å². The summed E-state index contributed by atoms with van der Waals surface area (Å²) < 4.78 is 0. The first kappa shape index (κ1) is 12.6. The highest BCUT2D eigenvalue weighted by atomic mass is 16.4. The van der Waals surface area contributed by atoms with E-state index in [1.165, 1.54) is 4.81 Å². The van der Waals surface area contributed by atoms with Gasteiger partial charge in [-0.3, -0.25) is 9.61 Å². The molecule has 2 atom stereocenters. The van der Waals surface area contributed by atoms with Crippen LogP contribution in [0.2, 0.25) is 0 Å². The molecule has 0 aromatic carbocycles. The molecule has 0 radical (unpaired) electrons. The summed E-state index contributed by atoms with van der Waals surface area (Å²) in [6.07, 6.45) is 1.47. The first-order valence-corrected chi connectivity index (χ1v) is 5.36. The van der Waals surface area contributed by atoms with Gasteiger partial charge in [0.25, 0.3) is 0 Å². The van der Waals surface area contributed by atoms with Crippen molar-refractivity contribution in [1.82, 2.24) is 4.81 Å². The van der Waals surface area contributed by atoms with E-state index in [1.807, 2.05) is 13.8 Å². The van der Waals surface area contributed by atoms with Crippen molar-refractivity contribution in [1.29, 1.82) is 0 Å². The predicted octanol–water partition coefficient (Wildman–Crippen LogP) is -1.03. The molecule has 0 bridgehead atoms. The number of hydrogen-bond donors (Lipinski definition) is 3. The molecule has 0 amide bonds. The highest BCUT2D eigenvalue weighted by Crippen LogP contribution is 2.20. The Morgan fingerprint density at radius 2 is 2.13 bits per heavy atom. The van der Waals surface area contributed by atoms with Gasteiger partial charge in [-0.25, -0.2) is 0 Å². The van der Waals surface area contributed by atoms with E-state index >= 15 is 0 Å². The zero-order valence-corrected chi connectivity index (χ0v) is 9.26. The Kier molecular flexibility index (Phi) is 4.27. The van der Waals surface area contributed by atoms with Crippen LogP contribution in [-0.2, 0) is 4.79 Å². The maximum absolute atomic E-state index is 11.9. The third-order valence-corrected chi connectivity index (χ3v) is 2.97. The van der Waals surface area contributed by atoms with E-state index in [-0.39, 0.29) is 11.7 Å². The van der Waals surface area contributed by atoms with Gasteiger partial charge in [-0.15, -0.1) is 0 Å². The zero-order valence-electron chi connectivity index (χ0n) is 9.26. The monoisotopic (exact) mass is 214 g/mol. The highest BCUT2D eigenvalue weighted by molar-refractivity contribution is 6.38. The second-order valence-corrected chi connectivity index (χ2v) is 4.41. The van der Waals surface area contributed by atoms with Crippen molar-refractivity contribution in [3.8, 4) is 0 Å². The topological polar surface area (TPSA) is 86.8 Å². The average Bonchev–Trinajstić information content (AvgIpc) is 2.63. The van der Waals surface area contributed by atoms with E-state index in [0.29, 0.717) is 13.0 Å². The number of Topliss-reactive ketones (excluding diaryl/α,β-unsaturated/α-hetero) is 1. The van der Waals surface area contributed by atoms with E-state index < -0.39 is 19.3 Å². The lowest BCUT2D eigenvalue weighted by molar-refractivity contribution is -0.124. The molecular weight excluding hydrogens is 195 g/mol. The van der Waals surface area contributed by atoms with Crippen LogP contribution in [0.3, 0.4) is 0 Å². The van der Waals surface area contributed by atoms with E-state index in [1.54, 1.807) is 0 Å². The first-order chi connectivity index (χ1) is 6.95. The molecule has 1 rings (SSSR count). The summed E-state index contributed by atoms with van der Waals surface area (Å²) in [4.78, 5) is 13.3. The van der Waals surface area contributed by atoms with E-state index in [0.717, 1.165) is 6.42 Å². The molecule has 6 heteroatoms. The lowest BCUT2D eigenvalue weighted by atomic mass is 9.92. The Labute approximate surface area is 90.4 Å². The number of rotatable bonds is 4. The summed E-state index contributed by atoms with van der Waals surface area (Å²) in [5, 5.41) is 18.2. The lowest BCUT2D eigenvalue weighted by Gasteiger charge is -2.26. The highest BCUT2D eigenvalue weighted by Gasteiger charge is 2.39. The van der Waals surface area contributed by atoms with Crippen molar-refractivity contribution < 1.29 is 14.8 Å². The lowest BCUT2D eigenvalue weighted by Crippen LogP contribution is -2.52. The predicted molar refractivity (Wildman–Crippen MR) is 57.7 cm³/mol. The molecule has 5 nitrogen and oxygen atoms in total. The van der Waals surface area contributed by atoms with Crippen LogP contribution in [0.5, 0.6) is 0 Å². The number of ketones is 1. The molecule has 4 N–H and O–H groups in total. The Balaban J connectivity index is 2.66. The number of nitrogens with two attached hydrogens (primary N) is 1. The molecule has 1 aliphatic rings. The third kappa shape index (κ3) is 2.78. The Hall–Kier alpha value is -0.425. The summed E-state index contributed by atoms with van der Waals surface area (Å²) in [5.41, 5.74) is 5.76. The first-order valence-electron chi connectivity index (χ1n) is 5.36. The molecule has 86 valence electrons. The van der Waals surface area contributed by atoms with Gasteiger partial charge in [-0.1, -0.05) is 13.8 Å². The zero-order chi connectivity index (χ0) is 11.6. The molecule has 1 aliphatic heterocycles. The van der Waals surface area contributed by atoms with Crippen molar-refractivity contribution in [2.45, 2.75) is 38.8 Å². The molecule has 0 aliphatic carbocycles. The maximum atomic E-state index is 11.9. The van der Waals surface area contributed by atoms with Crippen LogP contribution in [0.1, 0.15) is 26.7 Å². The summed E-state index contributed by atoms with van der Waals surface area (Å²) in [6.45, 7) is 4.31. The van der Waals surface area contributed by atoms with Gasteiger partial charge in [0.2, 0.25) is 0 Å². The minimum Gasteiger partial charge on any atom is -0.413 e. The molecule has 1 saturated heterocycles. The number of hydrogen-bond acceptors (Lipinski definition) is 5. The number of carbonyl (C=O) groups is 1.